The van der Waals surface area contributed by atoms with Crippen LogP contribution in [-0.2, 0) is 6.42 Å². The van der Waals surface area contributed by atoms with E-state index in [0.29, 0.717) is 0 Å². The van der Waals surface area contributed by atoms with Crippen molar-refractivity contribution >= 4 is 17.1 Å². The summed E-state index contributed by atoms with van der Waals surface area (Å²) in [6.07, 6.45) is 4.50. The molecule has 0 unspecified atom stereocenters. The van der Waals surface area contributed by atoms with Gasteiger partial charge in [-0.05, 0) is 52.9 Å². The van der Waals surface area contributed by atoms with Crippen molar-refractivity contribution in [1.29, 1.82) is 0 Å². The third kappa shape index (κ3) is 2.34. The lowest BCUT2D eigenvalue weighted by Crippen LogP contribution is -2.09. The maximum absolute atomic E-state index is 5.34. The van der Waals surface area contributed by atoms with Crippen LogP contribution < -0.4 is 4.90 Å². The van der Waals surface area contributed by atoms with E-state index in [4.69, 9.17) is 4.42 Å². The van der Waals surface area contributed by atoms with Gasteiger partial charge in [0.05, 0.1) is 12.0 Å². The highest BCUT2D eigenvalue weighted by Gasteiger charge is 2.20. The Morgan fingerprint density at radius 1 is 0.640 bits per heavy atom. The molecular formula is C23H17NO. The second kappa shape index (κ2) is 5.67. The molecule has 0 bridgehead atoms. The summed E-state index contributed by atoms with van der Waals surface area (Å²) in [5.41, 5.74) is 8.80. The predicted octanol–water partition coefficient (Wildman–Crippen LogP) is 6.32. The van der Waals surface area contributed by atoms with Gasteiger partial charge in [0.1, 0.15) is 6.26 Å². The van der Waals surface area contributed by atoms with Crippen LogP contribution in [0, 0.1) is 0 Å². The lowest BCUT2D eigenvalue weighted by molar-refractivity contribution is 0.567. The van der Waals surface area contributed by atoms with Gasteiger partial charge in [-0.25, -0.2) is 0 Å². The van der Waals surface area contributed by atoms with Crippen LogP contribution in [0.2, 0.25) is 0 Å². The number of nitrogens with zero attached hydrogens (tertiary/aromatic N) is 1. The second-order valence-corrected chi connectivity index (χ2v) is 6.33. The third-order valence-corrected chi connectivity index (χ3v) is 4.81. The normalized spacial score (nSPS) is 11.8. The van der Waals surface area contributed by atoms with Gasteiger partial charge in [0.2, 0.25) is 0 Å². The molecule has 2 heteroatoms. The molecule has 0 spiro atoms. The highest BCUT2D eigenvalue weighted by molar-refractivity contribution is 5.82. The standard InChI is InChI=1S/C23H17NO/c1-2-7-19(8-3-1)24(21-12-13-25-16-21)20-10-11-23-18(15-20)14-17-6-4-5-9-22(17)23/h1-13,15-16H,14H2. The van der Waals surface area contributed by atoms with Crippen molar-refractivity contribution in [2.24, 2.45) is 0 Å². The number of para-hydroxylation sites is 1. The molecule has 1 heterocycles. The number of anilines is 3. The van der Waals surface area contributed by atoms with E-state index in [1.807, 2.05) is 12.1 Å². The lowest BCUT2D eigenvalue weighted by Gasteiger charge is -2.24. The van der Waals surface area contributed by atoms with Crippen molar-refractivity contribution in [3.05, 3.63) is 103 Å². The van der Waals surface area contributed by atoms with Crippen molar-refractivity contribution in [2.75, 3.05) is 4.90 Å². The maximum Gasteiger partial charge on any atom is 0.114 e. The monoisotopic (exact) mass is 323 g/mol. The van der Waals surface area contributed by atoms with Crippen molar-refractivity contribution in [3.8, 4) is 11.1 Å². The Bertz CT molecular complexity index is 1020. The second-order valence-electron chi connectivity index (χ2n) is 6.33. The number of fused-ring (bicyclic) bond motifs is 3. The van der Waals surface area contributed by atoms with Crippen LogP contribution in [0.3, 0.4) is 0 Å². The summed E-state index contributed by atoms with van der Waals surface area (Å²) in [6, 6.07) is 27.8. The van der Waals surface area contributed by atoms with E-state index in [-0.39, 0.29) is 0 Å². The molecule has 0 atom stereocenters. The van der Waals surface area contributed by atoms with E-state index >= 15 is 0 Å². The molecule has 1 aliphatic rings. The Morgan fingerprint density at radius 2 is 1.44 bits per heavy atom. The quantitative estimate of drug-likeness (QED) is 0.386. The molecule has 5 rings (SSSR count). The van der Waals surface area contributed by atoms with Crippen LogP contribution in [0.25, 0.3) is 11.1 Å². The Kier molecular flexibility index (Phi) is 3.20. The fourth-order valence-electron chi connectivity index (χ4n) is 3.68. The smallest absolute Gasteiger partial charge is 0.114 e. The van der Waals surface area contributed by atoms with Gasteiger partial charge >= 0.3 is 0 Å². The predicted molar refractivity (Wildman–Crippen MR) is 102 cm³/mol. The van der Waals surface area contributed by atoms with Crippen LogP contribution >= 0.6 is 0 Å². The number of furan rings is 1. The zero-order valence-corrected chi connectivity index (χ0v) is 13.7. The molecule has 0 N–H and O–H groups in total. The Balaban J connectivity index is 1.63. The maximum atomic E-state index is 5.34. The van der Waals surface area contributed by atoms with Crippen molar-refractivity contribution in [3.63, 3.8) is 0 Å². The van der Waals surface area contributed by atoms with Gasteiger partial charge in [0.25, 0.3) is 0 Å². The van der Waals surface area contributed by atoms with Crippen molar-refractivity contribution < 1.29 is 4.42 Å². The topological polar surface area (TPSA) is 16.4 Å². The van der Waals surface area contributed by atoms with Gasteiger partial charge in [-0.3, -0.25) is 0 Å². The molecular weight excluding hydrogens is 306 g/mol. The number of benzene rings is 3. The minimum absolute atomic E-state index is 0.993. The summed E-state index contributed by atoms with van der Waals surface area (Å²) < 4.78 is 5.34. The minimum Gasteiger partial charge on any atom is -0.470 e. The fraction of sp³-hybridized carbons (Fsp3) is 0.0435. The molecule has 4 aromatic rings. The van der Waals surface area contributed by atoms with Crippen LogP contribution in [0.15, 0.2) is 95.8 Å². The van der Waals surface area contributed by atoms with Gasteiger partial charge in [0.15, 0.2) is 0 Å². The molecule has 0 radical (unpaired) electrons. The van der Waals surface area contributed by atoms with E-state index < -0.39 is 0 Å². The molecule has 1 aromatic heterocycles. The van der Waals surface area contributed by atoms with Crippen molar-refractivity contribution in [1.82, 2.24) is 0 Å². The fourth-order valence-corrected chi connectivity index (χ4v) is 3.68. The van der Waals surface area contributed by atoms with Gasteiger partial charge in [-0.2, -0.15) is 0 Å². The molecule has 0 amide bonds. The third-order valence-electron chi connectivity index (χ3n) is 4.81. The SMILES string of the molecule is c1ccc(N(c2ccoc2)c2ccc3c(c2)Cc2ccccc2-3)cc1. The number of hydrogen-bond donors (Lipinski definition) is 0. The number of hydrogen-bond acceptors (Lipinski definition) is 2. The first-order valence-corrected chi connectivity index (χ1v) is 8.49. The largest absolute Gasteiger partial charge is 0.470 e. The zero-order valence-electron chi connectivity index (χ0n) is 13.7. The highest BCUT2D eigenvalue weighted by Crippen LogP contribution is 2.41. The lowest BCUT2D eigenvalue weighted by atomic mass is 10.0. The summed E-state index contributed by atoms with van der Waals surface area (Å²) in [5.74, 6) is 0. The van der Waals surface area contributed by atoms with Gasteiger partial charge in [0, 0.05) is 17.4 Å². The highest BCUT2D eigenvalue weighted by atomic mass is 16.3. The Labute approximate surface area is 147 Å². The molecule has 25 heavy (non-hydrogen) atoms. The summed E-state index contributed by atoms with van der Waals surface area (Å²) >= 11 is 0. The van der Waals surface area contributed by atoms with E-state index in [1.165, 1.54) is 22.3 Å². The molecule has 3 aromatic carbocycles. The van der Waals surface area contributed by atoms with Gasteiger partial charge < -0.3 is 9.32 Å². The molecule has 2 nitrogen and oxygen atoms in total. The molecule has 120 valence electrons. The molecule has 1 aliphatic carbocycles. The molecule has 0 saturated carbocycles. The summed E-state index contributed by atoms with van der Waals surface area (Å²) in [5, 5.41) is 0. The molecule has 0 saturated heterocycles. The zero-order chi connectivity index (χ0) is 16.6. The number of rotatable bonds is 3. The summed E-state index contributed by atoms with van der Waals surface area (Å²) in [4.78, 5) is 2.23. The van der Waals surface area contributed by atoms with Gasteiger partial charge in [-0.15, -0.1) is 0 Å². The Hall–Kier alpha value is -3.26. The van der Waals surface area contributed by atoms with E-state index in [2.05, 4.69) is 71.6 Å². The first kappa shape index (κ1) is 14.1. The average Bonchev–Trinajstić information content (AvgIpc) is 3.30. The van der Waals surface area contributed by atoms with Gasteiger partial charge in [-0.1, -0.05) is 48.5 Å². The molecule has 0 fully saturated rings. The first-order chi connectivity index (χ1) is 12.4. The summed E-state index contributed by atoms with van der Waals surface area (Å²) in [7, 11) is 0. The Morgan fingerprint density at radius 3 is 2.28 bits per heavy atom. The van der Waals surface area contributed by atoms with E-state index in [1.54, 1.807) is 12.5 Å². The van der Waals surface area contributed by atoms with Crippen LogP contribution in [0.5, 0.6) is 0 Å². The van der Waals surface area contributed by atoms with E-state index in [9.17, 15) is 0 Å². The molecule has 0 aliphatic heterocycles. The average molecular weight is 323 g/mol. The van der Waals surface area contributed by atoms with Crippen LogP contribution in [0.4, 0.5) is 17.1 Å². The summed E-state index contributed by atoms with van der Waals surface area (Å²) in [6.45, 7) is 0. The van der Waals surface area contributed by atoms with Crippen LogP contribution in [0.1, 0.15) is 11.1 Å². The van der Waals surface area contributed by atoms with Crippen LogP contribution in [-0.4, -0.2) is 0 Å². The minimum atomic E-state index is 0.993. The van der Waals surface area contributed by atoms with Crippen molar-refractivity contribution in [2.45, 2.75) is 6.42 Å². The van der Waals surface area contributed by atoms with E-state index in [0.717, 1.165) is 23.5 Å². The first-order valence-electron chi connectivity index (χ1n) is 8.49.